The molecule has 2 rings (SSSR count). The van der Waals surface area contributed by atoms with E-state index in [-0.39, 0.29) is 12.4 Å². The number of piperidine rings is 1. The summed E-state index contributed by atoms with van der Waals surface area (Å²) < 4.78 is 5.04. The van der Waals surface area contributed by atoms with Gasteiger partial charge in [-0.15, -0.1) is 0 Å². The lowest BCUT2D eigenvalue weighted by atomic mass is 10.1. The largest absolute Gasteiger partial charge is 0.432 e. The Morgan fingerprint density at radius 3 is 2.91 bits per heavy atom. The number of non-ortho nitro benzene ring substituents is 1. The van der Waals surface area contributed by atoms with Gasteiger partial charge in [-0.3, -0.25) is 15.0 Å². The van der Waals surface area contributed by atoms with E-state index in [0.717, 1.165) is 25.9 Å². The van der Waals surface area contributed by atoms with Gasteiger partial charge in [0.2, 0.25) is 0 Å². The van der Waals surface area contributed by atoms with Crippen LogP contribution in [0, 0.1) is 10.1 Å². The molecular formula is C14H18N4O4. The minimum atomic E-state index is -0.646. The van der Waals surface area contributed by atoms with Crippen molar-refractivity contribution in [3.8, 4) is 0 Å². The number of nitro benzene ring substituents is 1. The minimum Gasteiger partial charge on any atom is -0.432 e. The standard InChI is InChI=1S/C14H18N4O4/c19-14(22-11-17-7-2-1-3-8-17)16-15-10-12-5-4-6-13(9-12)18(20)21/h4-6,9-10H,1-3,7-8,11H2,(H,16,19). The molecule has 1 heterocycles. The van der Waals surface area contributed by atoms with Crippen molar-refractivity contribution in [2.75, 3.05) is 19.8 Å². The fraction of sp³-hybridized carbons (Fsp3) is 0.429. The number of hydrogen-bond acceptors (Lipinski definition) is 6. The Labute approximate surface area is 127 Å². The molecule has 0 radical (unpaired) electrons. The number of ether oxygens (including phenoxy) is 1. The zero-order valence-corrected chi connectivity index (χ0v) is 12.1. The van der Waals surface area contributed by atoms with Gasteiger partial charge in [0.05, 0.1) is 11.1 Å². The summed E-state index contributed by atoms with van der Waals surface area (Å²) in [6, 6.07) is 5.95. The molecule has 1 aromatic carbocycles. The summed E-state index contributed by atoms with van der Waals surface area (Å²) in [5.41, 5.74) is 2.72. The van der Waals surface area contributed by atoms with Crippen molar-refractivity contribution in [3.05, 3.63) is 39.9 Å². The first-order valence-corrected chi connectivity index (χ1v) is 7.08. The van der Waals surface area contributed by atoms with Crippen molar-refractivity contribution in [1.82, 2.24) is 10.3 Å². The van der Waals surface area contributed by atoms with Crippen LogP contribution in [0.2, 0.25) is 0 Å². The predicted octanol–water partition coefficient (Wildman–Crippen LogP) is 2.10. The van der Waals surface area contributed by atoms with Crippen LogP contribution in [0.4, 0.5) is 10.5 Å². The van der Waals surface area contributed by atoms with Crippen LogP contribution in [0.5, 0.6) is 0 Å². The number of hydrazone groups is 1. The van der Waals surface area contributed by atoms with Crippen molar-refractivity contribution < 1.29 is 14.5 Å². The van der Waals surface area contributed by atoms with Crippen molar-refractivity contribution in [2.24, 2.45) is 5.10 Å². The van der Waals surface area contributed by atoms with Crippen LogP contribution in [0.15, 0.2) is 29.4 Å². The van der Waals surface area contributed by atoms with E-state index in [1.807, 2.05) is 0 Å². The van der Waals surface area contributed by atoms with Gasteiger partial charge >= 0.3 is 6.09 Å². The van der Waals surface area contributed by atoms with E-state index in [9.17, 15) is 14.9 Å². The monoisotopic (exact) mass is 306 g/mol. The molecule has 0 aromatic heterocycles. The summed E-state index contributed by atoms with van der Waals surface area (Å²) in [7, 11) is 0. The molecule has 0 spiro atoms. The molecule has 8 nitrogen and oxygen atoms in total. The number of hydrogen-bond donors (Lipinski definition) is 1. The third-order valence-electron chi connectivity index (χ3n) is 3.28. The van der Waals surface area contributed by atoms with Crippen molar-refractivity contribution in [3.63, 3.8) is 0 Å². The van der Waals surface area contributed by atoms with Crippen LogP contribution in [0.1, 0.15) is 24.8 Å². The van der Waals surface area contributed by atoms with Crippen LogP contribution in [0.3, 0.4) is 0 Å². The number of benzene rings is 1. The van der Waals surface area contributed by atoms with E-state index in [0.29, 0.717) is 5.56 Å². The SMILES string of the molecule is O=C(NN=Cc1cccc([N+](=O)[O-])c1)OCN1CCCCC1. The van der Waals surface area contributed by atoms with Crippen molar-refractivity contribution in [2.45, 2.75) is 19.3 Å². The maximum Gasteiger partial charge on any atom is 0.429 e. The van der Waals surface area contributed by atoms with Crippen molar-refractivity contribution in [1.29, 1.82) is 0 Å². The van der Waals surface area contributed by atoms with Gasteiger partial charge in [0.25, 0.3) is 5.69 Å². The summed E-state index contributed by atoms with van der Waals surface area (Å²) in [5, 5.41) is 14.4. The van der Waals surface area contributed by atoms with E-state index in [1.165, 1.54) is 24.8 Å². The predicted molar refractivity (Wildman–Crippen MR) is 80.6 cm³/mol. The van der Waals surface area contributed by atoms with Gasteiger partial charge in [-0.05, 0) is 12.8 Å². The molecule has 0 aliphatic carbocycles. The zero-order chi connectivity index (χ0) is 15.8. The molecule has 1 aromatic rings. The number of likely N-dealkylation sites (tertiary alicyclic amines) is 1. The van der Waals surface area contributed by atoms with E-state index >= 15 is 0 Å². The van der Waals surface area contributed by atoms with Gasteiger partial charge in [-0.25, -0.2) is 10.2 Å². The van der Waals surface area contributed by atoms with Gasteiger partial charge in [-0.2, -0.15) is 5.10 Å². The third kappa shape index (κ3) is 5.13. The summed E-state index contributed by atoms with van der Waals surface area (Å²) in [6.07, 6.45) is 4.14. The molecule has 118 valence electrons. The van der Waals surface area contributed by atoms with Crippen LogP contribution in [-0.4, -0.2) is 42.0 Å². The lowest BCUT2D eigenvalue weighted by Crippen LogP contribution is -2.34. The van der Waals surface area contributed by atoms with E-state index in [2.05, 4.69) is 15.4 Å². The van der Waals surface area contributed by atoms with Crippen LogP contribution in [-0.2, 0) is 4.74 Å². The van der Waals surface area contributed by atoms with Gasteiger partial charge in [0, 0.05) is 30.8 Å². The van der Waals surface area contributed by atoms with Gasteiger partial charge in [0.15, 0.2) is 0 Å². The summed E-state index contributed by atoms with van der Waals surface area (Å²) in [6.45, 7) is 2.12. The summed E-state index contributed by atoms with van der Waals surface area (Å²) >= 11 is 0. The third-order valence-corrected chi connectivity index (χ3v) is 3.28. The van der Waals surface area contributed by atoms with Crippen molar-refractivity contribution >= 4 is 18.0 Å². The molecule has 1 aliphatic heterocycles. The molecule has 22 heavy (non-hydrogen) atoms. The number of carbonyl (C=O) groups is 1. The normalized spacial score (nSPS) is 15.6. The van der Waals surface area contributed by atoms with E-state index in [4.69, 9.17) is 4.74 Å². The Hall–Kier alpha value is -2.48. The first-order chi connectivity index (χ1) is 10.6. The number of nitro groups is 1. The lowest BCUT2D eigenvalue weighted by Gasteiger charge is -2.25. The number of amides is 1. The summed E-state index contributed by atoms with van der Waals surface area (Å²) in [5.74, 6) is 0. The maximum absolute atomic E-state index is 11.5. The smallest absolute Gasteiger partial charge is 0.429 e. The Morgan fingerprint density at radius 1 is 1.41 bits per heavy atom. The number of nitrogens with zero attached hydrogens (tertiary/aromatic N) is 3. The first-order valence-electron chi connectivity index (χ1n) is 7.08. The van der Waals surface area contributed by atoms with E-state index < -0.39 is 11.0 Å². The second kappa shape index (κ2) is 8.08. The number of rotatable bonds is 5. The van der Waals surface area contributed by atoms with Gasteiger partial charge < -0.3 is 4.74 Å². The number of nitrogens with one attached hydrogen (secondary N) is 1. The van der Waals surface area contributed by atoms with E-state index in [1.54, 1.807) is 12.1 Å². The Morgan fingerprint density at radius 2 is 2.18 bits per heavy atom. The molecule has 0 unspecified atom stereocenters. The Bertz CT molecular complexity index is 556. The maximum atomic E-state index is 11.5. The molecule has 1 amide bonds. The number of carbonyl (C=O) groups excluding carboxylic acids is 1. The topological polar surface area (TPSA) is 97.1 Å². The molecular weight excluding hydrogens is 288 g/mol. The summed E-state index contributed by atoms with van der Waals surface area (Å²) in [4.78, 5) is 23.7. The molecule has 0 saturated carbocycles. The molecule has 0 atom stereocenters. The second-order valence-electron chi connectivity index (χ2n) is 4.96. The molecule has 0 bridgehead atoms. The first kappa shape index (κ1) is 15.9. The molecule has 1 saturated heterocycles. The highest BCUT2D eigenvalue weighted by molar-refractivity contribution is 5.81. The second-order valence-corrected chi connectivity index (χ2v) is 4.96. The highest BCUT2D eigenvalue weighted by atomic mass is 16.6. The molecule has 1 fully saturated rings. The van der Waals surface area contributed by atoms with Gasteiger partial charge in [-0.1, -0.05) is 18.6 Å². The quantitative estimate of drug-likeness (QED) is 0.510. The minimum absolute atomic E-state index is 0.0309. The fourth-order valence-electron chi connectivity index (χ4n) is 2.15. The lowest BCUT2D eigenvalue weighted by molar-refractivity contribution is -0.384. The highest BCUT2D eigenvalue weighted by Crippen LogP contribution is 2.11. The highest BCUT2D eigenvalue weighted by Gasteiger charge is 2.11. The van der Waals surface area contributed by atoms with Crippen LogP contribution >= 0.6 is 0 Å². The average Bonchev–Trinajstić information content (AvgIpc) is 2.54. The van der Waals surface area contributed by atoms with Crippen LogP contribution in [0.25, 0.3) is 0 Å². The van der Waals surface area contributed by atoms with Crippen LogP contribution < -0.4 is 5.43 Å². The molecule has 1 aliphatic rings. The molecule has 1 N–H and O–H groups in total. The Balaban J connectivity index is 1.75. The Kier molecular flexibility index (Phi) is 5.84. The average molecular weight is 306 g/mol. The van der Waals surface area contributed by atoms with Gasteiger partial charge in [0.1, 0.15) is 6.73 Å². The molecule has 8 heteroatoms. The fourth-order valence-corrected chi connectivity index (χ4v) is 2.15. The zero-order valence-electron chi connectivity index (χ0n) is 12.1.